The van der Waals surface area contributed by atoms with Gasteiger partial charge >= 0.3 is 0 Å². The summed E-state index contributed by atoms with van der Waals surface area (Å²) in [6.45, 7) is 5.30. The van der Waals surface area contributed by atoms with E-state index >= 15 is 0 Å². The largest absolute Gasteiger partial charge is 0.348 e. The smallest absolute Gasteiger partial charge is 0.228 e. The van der Waals surface area contributed by atoms with E-state index in [0.29, 0.717) is 25.6 Å². The number of benzene rings is 1. The van der Waals surface area contributed by atoms with Crippen molar-refractivity contribution >= 4 is 11.8 Å². The van der Waals surface area contributed by atoms with Gasteiger partial charge in [-0.2, -0.15) is 0 Å². The Balaban J connectivity index is 1.35. The molecule has 0 radical (unpaired) electrons. The lowest BCUT2D eigenvalue weighted by Crippen LogP contribution is -2.54. The minimum absolute atomic E-state index is 0.00808. The summed E-state index contributed by atoms with van der Waals surface area (Å²) in [5.74, 6) is 0.0393. The zero-order valence-electron chi connectivity index (χ0n) is 20.0. The fraction of sp³-hybridized carbons (Fsp3) is 0.704. The first kappa shape index (κ1) is 22.8. The SMILES string of the molecule is CC1(C(=O)N2C[C@@H](c3ccc(F)cc3)[C@@]3(CCCCC(=O)N3)C2)CCN(C2CCCC2)CC1. The van der Waals surface area contributed by atoms with Crippen LogP contribution in [0.15, 0.2) is 24.3 Å². The van der Waals surface area contributed by atoms with E-state index < -0.39 is 5.54 Å². The van der Waals surface area contributed by atoms with Gasteiger partial charge in [0.1, 0.15) is 5.82 Å². The average Bonchev–Trinajstić information content (AvgIpc) is 3.42. The lowest BCUT2D eigenvalue weighted by Gasteiger charge is -2.42. The number of likely N-dealkylation sites (tertiary alicyclic amines) is 2. The predicted molar refractivity (Wildman–Crippen MR) is 126 cm³/mol. The van der Waals surface area contributed by atoms with Gasteiger partial charge in [0.25, 0.3) is 0 Å². The Kier molecular flexibility index (Phi) is 6.23. The number of amides is 2. The molecule has 2 amide bonds. The van der Waals surface area contributed by atoms with E-state index in [9.17, 15) is 14.0 Å². The summed E-state index contributed by atoms with van der Waals surface area (Å²) in [4.78, 5) is 31.1. The molecule has 1 aromatic rings. The Morgan fingerprint density at radius 2 is 1.73 bits per heavy atom. The van der Waals surface area contributed by atoms with Crippen LogP contribution in [0.3, 0.4) is 0 Å². The molecule has 1 N–H and O–H groups in total. The van der Waals surface area contributed by atoms with E-state index in [0.717, 1.165) is 50.8 Å². The van der Waals surface area contributed by atoms with Crippen LogP contribution >= 0.6 is 0 Å². The third-order valence-electron chi connectivity index (χ3n) is 9.03. The van der Waals surface area contributed by atoms with Crippen molar-refractivity contribution < 1.29 is 14.0 Å². The number of hydrogen-bond donors (Lipinski definition) is 1. The van der Waals surface area contributed by atoms with Gasteiger partial charge in [-0.15, -0.1) is 0 Å². The van der Waals surface area contributed by atoms with Crippen LogP contribution in [0, 0.1) is 11.2 Å². The second kappa shape index (κ2) is 9.01. The summed E-state index contributed by atoms with van der Waals surface area (Å²) in [6.07, 6.45) is 10.3. The molecule has 2 atom stereocenters. The summed E-state index contributed by atoms with van der Waals surface area (Å²) in [5.41, 5.74) is 0.208. The van der Waals surface area contributed by atoms with Crippen LogP contribution in [0.5, 0.6) is 0 Å². The molecule has 3 aliphatic heterocycles. The highest BCUT2D eigenvalue weighted by molar-refractivity contribution is 5.84. The van der Waals surface area contributed by atoms with Crippen molar-refractivity contribution in [2.24, 2.45) is 5.41 Å². The zero-order chi connectivity index (χ0) is 23.1. The molecule has 4 fully saturated rings. The zero-order valence-corrected chi connectivity index (χ0v) is 20.0. The van der Waals surface area contributed by atoms with Gasteiger partial charge in [-0.25, -0.2) is 4.39 Å². The average molecular weight is 456 g/mol. The van der Waals surface area contributed by atoms with Gasteiger partial charge in [0.2, 0.25) is 11.8 Å². The van der Waals surface area contributed by atoms with Crippen molar-refractivity contribution in [1.82, 2.24) is 15.1 Å². The molecule has 3 heterocycles. The molecule has 1 saturated carbocycles. The van der Waals surface area contributed by atoms with Crippen molar-refractivity contribution in [3.63, 3.8) is 0 Å². The molecule has 3 saturated heterocycles. The molecular weight excluding hydrogens is 417 g/mol. The molecule has 1 spiro atoms. The summed E-state index contributed by atoms with van der Waals surface area (Å²) in [6, 6.07) is 7.35. The van der Waals surface area contributed by atoms with E-state index in [1.54, 1.807) is 0 Å². The van der Waals surface area contributed by atoms with E-state index in [4.69, 9.17) is 0 Å². The Hall–Kier alpha value is -1.95. The first-order valence-corrected chi connectivity index (χ1v) is 13.0. The normalized spacial score (nSPS) is 31.0. The molecular formula is C27H38FN3O2. The van der Waals surface area contributed by atoms with E-state index in [1.165, 1.54) is 37.8 Å². The maximum Gasteiger partial charge on any atom is 0.228 e. The van der Waals surface area contributed by atoms with Crippen molar-refractivity contribution in [2.45, 2.75) is 88.6 Å². The second-order valence-corrected chi connectivity index (χ2v) is 11.2. The quantitative estimate of drug-likeness (QED) is 0.742. The first-order valence-electron chi connectivity index (χ1n) is 13.0. The van der Waals surface area contributed by atoms with Crippen molar-refractivity contribution in [2.75, 3.05) is 26.2 Å². The van der Waals surface area contributed by atoms with Crippen LogP contribution < -0.4 is 5.32 Å². The van der Waals surface area contributed by atoms with Crippen molar-refractivity contribution in [3.05, 3.63) is 35.6 Å². The Morgan fingerprint density at radius 1 is 1.03 bits per heavy atom. The van der Waals surface area contributed by atoms with Crippen LogP contribution in [0.25, 0.3) is 0 Å². The van der Waals surface area contributed by atoms with Crippen molar-refractivity contribution in [1.29, 1.82) is 0 Å². The van der Waals surface area contributed by atoms with Gasteiger partial charge in [-0.05, 0) is 69.3 Å². The number of nitrogens with one attached hydrogen (secondary N) is 1. The molecule has 0 bridgehead atoms. The minimum Gasteiger partial charge on any atom is -0.348 e. The second-order valence-electron chi connectivity index (χ2n) is 11.2. The highest BCUT2D eigenvalue weighted by Gasteiger charge is 2.52. The van der Waals surface area contributed by atoms with Crippen LogP contribution in [0.2, 0.25) is 0 Å². The molecule has 5 rings (SSSR count). The van der Waals surface area contributed by atoms with E-state index in [-0.39, 0.29) is 29.0 Å². The molecule has 33 heavy (non-hydrogen) atoms. The summed E-state index contributed by atoms with van der Waals surface area (Å²) in [7, 11) is 0. The first-order chi connectivity index (χ1) is 15.9. The topological polar surface area (TPSA) is 52.7 Å². The van der Waals surface area contributed by atoms with Gasteiger partial charge in [0, 0.05) is 36.9 Å². The highest BCUT2D eigenvalue weighted by Crippen LogP contribution is 2.44. The number of hydrogen-bond acceptors (Lipinski definition) is 3. The summed E-state index contributed by atoms with van der Waals surface area (Å²) in [5, 5.41) is 3.33. The van der Waals surface area contributed by atoms with Gasteiger partial charge in [0.15, 0.2) is 0 Å². The monoisotopic (exact) mass is 455 g/mol. The maximum absolute atomic E-state index is 13.9. The summed E-state index contributed by atoms with van der Waals surface area (Å²) < 4.78 is 13.6. The Labute approximate surface area is 197 Å². The number of carbonyl (C=O) groups is 2. The summed E-state index contributed by atoms with van der Waals surface area (Å²) >= 11 is 0. The maximum atomic E-state index is 13.9. The molecule has 5 nitrogen and oxygen atoms in total. The molecule has 6 heteroatoms. The third kappa shape index (κ3) is 4.43. The number of nitrogens with zero attached hydrogens (tertiary/aromatic N) is 2. The minimum atomic E-state index is -0.456. The van der Waals surface area contributed by atoms with Crippen LogP contribution in [-0.4, -0.2) is 59.4 Å². The molecule has 180 valence electrons. The number of carbonyl (C=O) groups excluding carboxylic acids is 2. The van der Waals surface area contributed by atoms with Crippen LogP contribution in [0.1, 0.15) is 82.6 Å². The lowest BCUT2D eigenvalue weighted by molar-refractivity contribution is -0.143. The van der Waals surface area contributed by atoms with Crippen LogP contribution in [-0.2, 0) is 9.59 Å². The fourth-order valence-electron chi connectivity index (χ4n) is 6.94. The van der Waals surface area contributed by atoms with Crippen molar-refractivity contribution in [3.8, 4) is 0 Å². The molecule has 0 unspecified atom stereocenters. The van der Waals surface area contributed by atoms with Crippen LogP contribution in [0.4, 0.5) is 4.39 Å². The Morgan fingerprint density at radius 3 is 2.42 bits per heavy atom. The van der Waals surface area contributed by atoms with Gasteiger partial charge < -0.3 is 15.1 Å². The third-order valence-corrected chi connectivity index (χ3v) is 9.03. The van der Waals surface area contributed by atoms with E-state index in [2.05, 4.69) is 17.1 Å². The van der Waals surface area contributed by atoms with Gasteiger partial charge in [-0.3, -0.25) is 9.59 Å². The molecule has 1 aromatic carbocycles. The molecule has 4 aliphatic rings. The fourth-order valence-corrected chi connectivity index (χ4v) is 6.94. The number of halogens is 1. The number of rotatable bonds is 3. The van der Waals surface area contributed by atoms with E-state index in [1.807, 2.05) is 17.0 Å². The number of piperidine rings is 1. The predicted octanol–water partition coefficient (Wildman–Crippen LogP) is 4.23. The Bertz CT molecular complexity index is 874. The highest BCUT2D eigenvalue weighted by atomic mass is 19.1. The molecule has 0 aromatic heterocycles. The van der Waals surface area contributed by atoms with Gasteiger partial charge in [-0.1, -0.05) is 38.3 Å². The van der Waals surface area contributed by atoms with Gasteiger partial charge in [0.05, 0.1) is 5.54 Å². The standard InChI is InChI=1S/C27H38FN3O2/c1-26(14-16-30(17-15-26)22-6-2-3-7-22)25(33)31-18-23(20-9-11-21(28)12-10-20)27(19-31)13-5-4-8-24(32)29-27/h9-12,22-23H,2-8,13-19H2,1H3,(H,29,32)/t23-,27+/m0/s1. The molecule has 1 aliphatic carbocycles. The lowest BCUT2D eigenvalue weighted by atomic mass is 9.78.